The van der Waals surface area contributed by atoms with Gasteiger partial charge in [-0.25, -0.2) is 0 Å². The summed E-state index contributed by atoms with van der Waals surface area (Å²) in [6.45, 7) is 0. The zero-order valence-corrected chi connectivity index (χ0v) is 11.4. The van der Waals surface area contributed by atoms with E-state index in [9.17, 15) is 20.2 Å². The molecule has 3 rings (SSSR count). The van der Waals surface area contributed by atoms with Gasteiger partial charge >= 0.3 is 0 Å². The Bertz CT molecular complexity index is 891. The number of nitrogens with zero attached hydrogens (tertiary/aromatic N) is 4. The molecule has 0 radical (unpaired) electrons. The topological polar surface area (TPSA) is 125 Å². The number of nitro benzene ring substituents is 2. The molecule has 23 heavy (non-hydrogen) atoms. The molecular weight excluding hydrogens is 304 g/mol. The van der Waals surface area contributed by atoms with Crippen molar-refractivity contribution in [3.05, 3.63) is 68.8 Å². The van der Waals surface area contributed by atoms with Gasteiger partial charge in [0.05, 0.1) is 15.9 Å². The van der Waals surface area contributed by atoms with E-state index in [0.29, 0.717) is 5.56 Å². The fourth-order valence-electron chi connectivity index (χ4n) is 1.99. The summed E-state index contributed by atoms with van der Waals surface area (Å²) < 4.78 is 5.45. The normalized spacial score (nSPS) is 10.4. The van der Waals surface area contributed by atoms with Gasteiger partial charge in [-0.1, -0.05) is 18.2 Å². The van der Waals surface area contributed by atoms with Crippen molar-refractivity contribution in [2.75, 3.05) is 0 Å². The van der Waals surface area contributed by atoms with Crippen LogP contribution in [0.3, 0.4) is 0 Å². The summed E-state index contributed by atoms with van der Waals surface area (Å²) in [4.78, 5) is 20.4. The number of hydrogen-bond acceptors (Lipinski definition) is 7. The number of hydrogen-bond donors (Lipinski definition) is 0. The molecule has 9 heteroatoms. The van der Waals surface area contributed by atoms with Crippen LogP contribution in [0, 0.1) is 20.2 Å². The molecule has 1 aromatic heterocycles. The molecule has 0 saturated heterocycles. The molecule has 114 valence electrons. The Morgan fingerprint density at radius 2 is 1.57 bits per heavy atom. The predicted molar refractivity (Wildman–Crippen MR) is 78.5 cm³/mol. The summed E-state index contributed by atoms with van der Waals surface area (Å²) in [6.07, 6.45) is 0. The maximum absolute atomic E-state index is 11.1. The van der Waals surface area contributed by atoms with E-state index in [-0.39, 0.29) is 23.0 Å². The number of rotatable bonds is 4. The van der Waals surface area contributed by atoms with Crippen molar-refractivity contribution in [3.8, 4) is 22.9 Å². The minimum absolute atomic E-state index is 0.0234. The minimum Gasteiger partial charge on any atom is -0.416 e. The van der Waals surface area contributed by atoms with Gasteiger partial charge in [0, 0.05) is 11.6 Å². The quantitative estimate of drug-likeness (QED) is 0.534. The van der Waals surface area contributed by atoms with Crippen molar-refractivity contribution in [2.45, 2.75) is 0 Å². The zero-order chi connectivity index (χ0) is 16.4. The summed E-state index contributed by atoms with van der Waals surface area (Å²) in [7, 11) is 0. The maximum Gasteiger partial charge on any atom is 0.288 e. The first kappa shape index (κ1) is 14.3. The number of nitro groups is 2. The smallest absolute Gasteiger partial charge is 0.288 e. The maximum atomic E-state index is 11.1. The monoisotopic (exact) mass is 312 g/mol. The van der Waals surface area contributed by atoms with Crippen molar-refractivity contribution in [2.24, 2.45) is 0 Å². The Labute approximate surface area is 128 Å². The van der Waals surface area contributed by atoms with Gasteiger partial charge in [-0.2, -0.15) is 0 Å². The van der Waals surface area contributed by atoms with Crippen molar-refractivity contribution < 1.29 is 14.3 Å². The Kier molecular flexibility index (Phi) is 3.51. The van der Waals surface area contributed by atoms with Crippen molar-refractivity contribution >= 4 is 11.4 Å². The summed E-state index contributed by atoms with van der Waals surface area (Å²) >= 11 is 0. The molecule has 0 aliphatic rings. The first-order valence-electron chi connectivity index (χ1n) is 6.38. The molecule has 0 amide bonds. The highest BCUT2D eigenvalue weighted by Crippen LogP contribution is 2.33. The Hall–Kier alpha value is -3.62. The average molecular weight is 312 g/mol. The van der Waals surface area contributed by atoms with Crippen LogP contribution in [0.4, 0.5) is 11.4 Å². The summed E-state index contributed by atoms with van der Waals surface area (Å²) in [5.74, 6) is 0.124. The molecule has 1 heterocycles. The highest BCUT2D eigenvalue weighted by molar-refractivity contribution is 5.70. The van der Waals surface area contributed by atoms with Gasteiger partial charge in [0.15, 0.2) is 0 Å². The molecular formula is C14H8N4O5. The van der Waals surface area contributed by atoms with Gasteiger partial charge in [0.2, 0.25) is 5.89 Å². The van der Waals surface area contributed by atoms with E-state index in [4.69, 9.17) is 4.42 Å². The lowest BCUT2D eigenvalue weighted by molar-refractivity contribution is -0.393. The molecule has 0 bridgehead atoms. The summed E-state index contributed by atoms with van der Waals surface area (Å²) in [5.41, 5.74) is -0.170. The number of aromatic nitrogens is 2. The second-order valence-electron chi connectivity index (χ2n) is 4.49. The van der Waals surface area contributed by atoms with E-state index in [2.05, 4.69) is 10.2 Å². The highest BCUT2D eigenvalue weighted by atomic mass is 16.6. The van der Waals surface area contributed by atoms with Crippen LogP contribution >= 0.6 is 0 Å². The van der Waals surface area contributed by atoms with Gasteiger partial charge in [-0.05, 0) is 18.2 Å². The van der Waals surface area contributed by atoms with Gasteiger partial charge in [-0.15, -0.1) is 10.2 Å². The van der Waals surface area contributed by atoms with Crippen LogP contribution in [0.1, 0.15) is 0 Å². The Morgan fingerprint density at radius 3 is 2.22 bits per heavy atom. The molecule has 0 aliphatic carbocycles. The third kappa shape index (κ3) is 2.75. The lowest BCUT2D eigenvalue weighted by Crippen LogP contribution is -1.95. The van der Waals surface area contributed by atoms with E-state index in [1.54, 1.807) is 24.3 Å². The largest absolute Gasteiger partial charge is 0.416 e. The summed E-state index contributed by atoms with van der Waals surface area (Å²) in [5, 5.41) is 29.5. The van der Waals surface area contributed by atoms with Crippen molar-refractivity contribution in [1.29, 1.82) is 0 Å². The highest BCUT2D eigenvalue weighted by Gasteiger charge is 2.24. The van der Waals surface area contributed by atoms with Crippen molar-refractivity contribution in [1.82, 2.24) is 10.2 Å². The van der Waals surface area contributed by atoms with Crippen LogP contribution in [-0.2, 0) is 0 Å². The van der Waals surface area contributed by atoms with Gasteiger partial charge in [0.25, 0.3) is 17.3 Å². The van der Waals surface area contributed by atoms with Crippen LogP contribution in [0.15, 0.2) is 52.9 Å². The van der Waals surface area contributed by atoms with E-state index in [1.807, 2.05) is 6.07 Å². The summed E-state index contributed by atoms with van der Waals surface area (Å²) in [6, 6.07) is 12.1. The van der Waals surface area contributed by atoms with Crippen molar-refractivity contribution in [3.63, 3.8) is 0 Å². The number of non-ortho nitro benzene ring substituents is 1. The minimum atomic E-state index is -0.727. The zero-order valence-electron chi connectivity index (χ0n) is 11.4. The lowest BCUT2D eigenvalue weighted by Gasteiger charge is -1.98. The van der Waals surface area contributed by atoms with Crippen LogP contribution < -0.4 is 0 Å². The van der Waals surface area contributed by atoms with E-state index < -0.39 is 15.5 Å². The molecule has 0 spiro atoms. The first-order chi connectivity index (χ1) is 11.1. The van der Waals surface area contributed by atoms with Gasteiger partial charge < -0.3 is 4.42 Å². The fourth-order valence-corrected chi connectivity index (χ4v) is 1.99. The van der Waals surface area contributed by atoms with E-state index >= 15 is 0 Å². The molecule has 0 saturated carbocycles. The predicted octanol–water partition coefficient (Wildman–Crippen LogP) is 3.22. The SMILES string of the molecule is O=[N+]([O-])c1ccc(-c2nnc(-c3ccccc3)o2)c([N+](=O)[O-])c1. The van der Waals surface area contributed by atoms with Crippen LogP contribution in [0.25, 0.3) is 22.9 Å². The molecule has 2 aromatic carbocycles. The molecule has 0 N–H and O–H groups in total. The van der Waals surface area contributed by atoms with Gasteiger partial charge in [-0.3, -0.25) is 20.2 Å². The third-order valence-corrected chi connectivity index (χ3v) is 3.06. The number of benzene rings is 2. The first-order valence-corrected chi connectivity index (χ1v) is 6.38. The molecule has 3 aromatic rings. The average Bonchev–Trinajstić information content (AvgIpc) is 3.04. The molecule has 0 fully saturated rings. The molecule has 0 unspecified atom stereocenters. The molecule has 0 aliphatic heterocycles. The van der Waals surface area contributed by atoms with Crippen LogP contribution in [0.2, 0.25) is 0 Å². The fraction of sp³-hybridized carbons (Fsp3) is 0. The third-order valence-electron chi connectivity index (χ3n) is 3.06. The Balaban J connectivity index is 2.07. The lowest BCUT2D eigenvalue weighted by atomic mass is 10.1. The van der Waals surface area contributed by atoms with E-state index in [0.717, 1.165) is 12.1 Å². The second kappa shape index (κ2) is 5.64. The van der Waals surface area contributed by atoms with E-state index in [1.165, 1.54) is 6.07 Å². The molecule has 9 nitrogen and oxygen atoms in total. The second-order valence-corrected chi connectivity index (χ2v) is 4.49. The van der Waals surface area contributed by atoms with Crippen LogP contribution in [0.5, 0.6) is 0 Å². The molecule has 0 atom stereocenters. The van der Waals surface area contributed by atoms with Crippen LogP contribution in [-0.4, -0.2) is 20.0 Å². The van der Waals surface area contributed by atoms with Gasteiger partial charge in [0.1, 0.15) is 5.56 Å². The standard InChI is InChI=1S/C14H8N4O5/c19-17(20)10-6-7-11(12(8-10)18(21)22)14-16-15-13(23-14)9-4-2-1-3-5-9/h1-8H. The Morgan fingerprint density at radius 1 is 0.870 bits per heavy atom.